The molecule has 0 aliphatic rings. The van der Waals surface area contributed by atoms with Crippen molar-refractivity contribution < 1.29 is 18.9 Å². The van der Waals surface area contributed by atoms with Crippen LogP contribution in [0.5, 0.6) is 23.0 Å². The maximum atomic E-state index is 12.1. The molecule has 0 fully saturated rings. The summed E-state index contributed by atoms with van der Waals surface area (Å²) in [5, 5.41) is 0. The number of imidazole rings is 2. The Hall–Kier alpha value is -6.94. The third-order valence-corrected chi connectivity index (χ3v) is 7.69. The predicted molar refractivity (Wildman–Crippen MR) is 189 cm³/mol. The monoisotopic (exact) mass is 694 g/mol. The average Bonchev–Trinajstić information content (AvgIpc) is 3.71. The van der Waals surface area contributed by atoms with E-state index in [1.54, 1.807) is 83.4 Å². The number of benzene rings is 2. The van der Waals surface area contributed by atoms with Crippen molar-refractivity contribution >= 4 is 22.3 Å². The summed E-state index contributed by atoms with van der Waals surface area (Å²) in [5.41, 5.74) is 0.555. The minimum atomic E-state index is -0.517. The number of aromatic nitrogens is 8. The van der Waals surface area contributed by atoms with E-state index in [4.69, 9.17) is 18.9 Å². The van der Waals surface area contributed by atoms with Gasteiger partial charge in [0, 0.05) is 31.3 Å². The number of nitrogens with zero attached hydrogens (tertiary/aromatic N) is 5. The van der Waals surface area contributed by atoms with Crippen molar-refractivity contribution in [2.24, 2.45) is 7.05 Å². The summed E-state index contributed by atoms with van der Waals surface area (Å²) in [6.07, 6.45) is 0. The van der Waals surface area contributed by atoms with E-state index in [0.717, 1.165) is 0 Å². The van der Waals surface area contributed by atoms with Gasteiger partial charge >= 0.3 is 11.4 Å². The van der Waals surface area contributed by atoms with Gasteiger partial charge in [0.05, 0.1) is 28.4 Å². The zero-order valence-electron chi connectivity index (χ0n) is 28.9. The molecule has 0 radical (unpaired) electrons. The number of fused-ring (bicyclic) bond motifs is 2. The molecule has 4 heterocycles. The highest BCUT2D eigenvalue weighted by atomic mass is 16.5. The van der Waals surface area contributed by atoms with Crippen molar-refractivity contribution in [3.05, 3.63) is 101 Å². The van der Waals surface area contributed by atoms with Gasteiger partial charge in [0.2, 0.25) is 0 Å². The Balaban J connectivity index is 0.000000198. The SMILES string of the molecule is CCn1c(=O)[nH]c(=O)c2[nH]c(C#Cc3ccc(OC)c(OC)c3)nc21.CCn1c(=O)[nH]c(=O)c2c1nc(C#Cc1ccc(OC)c(OC)c1)n2C. The fraction of sp³-hybridized carbons (Fsp3) is 0.257. The Morgan fingerprint density at radius 1 is 0.627 bits per heavy atom. The van der Waals surface area contributed by atoms with Crippen LogP contribution in [0.4, 0.5) is 0 Å². The molecule has 16 heteroatoms. The number of hydrogen-bond acceptors (Lipinski definition) is 10. The molecule has 4 aromatic heterocycles. The van der Waals surface area contributed by atoms with Crippen LogP contribution in [0.15, 0.2) is 55.6 Å². The fourth-order valence-electron chi connectivity index (χ4n) is 5.13. The normalized spacial score (nSPS) is 10.4. The summed E-state index contributed by atoms with van der Waals surface area (Å²) in [7, 11) is 7.91. The van der Waals surface area contributed by atoms with Crippen LogP contribution in [-0.2, 0) is 20.1 Å². The van der Waals surface area contributed by atoms with Crippen LogP contribution < -0.4 is 41.4 Å². The van der Waals surface area contributed by atoms with Gasteiger partial charge in [0.25, 0.3) is 11.1 Å². The molecule has 6 rings (SSSR count). The molecule has 0 bridgehead atoms. The molecule has 0 spiro atoms. The van der Waals surface area contributed by atoms with Gasteiger partial charge in [0.15, 0.2) is 57.0 Å². The van der Waals surface area contributed by atoms with E-state index in [1.165, 1.54) is 9.13 Å². The number of nitrogens with one attached hydrogen (secondary N) is 3. The van der Waals surface area contributed by atoms with Crippen molar-refractivity contribution in [2.45, 2.75) is 26.9 Å². The first kappa shape index (κ1) is 35.4. The minimum absolute atomic E-state index is 0.220. The second-order valence-corrected chi connectivity index (χ2v) is 10.6. The van der Waals surface area contributed by atoms with Gasteiger partial charge in [-0.15, -0.1) is 0 Å². The van der Waals surface area contributed by atoms with Crippen LogP contribution in [0.25, 0.3) is 22.3 Å². The zero-order valence-corrected chi connectivity index (χ0v) is 28.9. The lowest BCUT2D eigenvalue weighted by atomic mass is 10.2. The first-order chi connectivity index (χ1) is 24.6. The molecular weight excluding hydrogens is 660 g/mol. The molecule has 16 nitrogen and oxygen atoms in total. The second kappa shape index (κ2) is 15.1. The van der Waals surface area contributed by atoms with Crippen LogP contribution in [0, 0.1) is 23.7 Å². The second-order valence-electron chi connectivity index (χ2n) is 10.6. The minimum Gasteiger partial charge on any atom is -0.493 e. The van der Waals surface area contributed by atoms with Gasteiger partial charge in [0.1, 0.15) is 0 Å². The smallest absolute Gasteiger partial charge is 0.330 e. The van der Waals surface area contributed by atoms with Crippen LogP contribution >= 0.6 is 0 Å². The molecule has 0 unspecified atom stereocenters. The number of methoxy groups -OCH3 is 4. The van der Waals surface area contributed by atoms with Crippen LogP contribution in [-0.4, -0.2) is 67.1 Å². The van der Waals surface area contributed by atoms with E-state index in [1.807, 2.05) is 6.92 Å². The molecular formula is C35H34N8O8. The molecule has 0 amide bonds. The number of ether oxygens (including phenoxy) is 4. The molecule has 0 aliphatic heterocycles. The van der Waals surface area contributed by atoms with Gasteiger partial charge < -0.3 is 28.5 Å². The van der Waals surface area contributed by atoms with Crippen LogP contribution in [0.1, 0.15) is 36.6 Å². The van der Waals surface area contributed by atoms with E-state index in [2.05, 4.69) is 48.6 Å². The van der Waals surface area contributed by atoms with Gasteiger partial charge in [-0.25, -0.2) is 19.6 Å². The Kier molecular flexibility index (Phi) is 10.5. The van der Waals surface area contributed by atoms with E-state index >= 15 is 0 Å². The summed E-state index contributed by atoms with van der Waals surface area (Å²) in [4.78, 5) is 63.7. The van der Waals surface area contributed by atoms with Crippen LogP contribution in [0.2, 0.25) is 0 Å². The van der Waals surface area contributed by atoms with Gasteiger partial charge in [-0.05, 0) is 62.1 Å². The molecule has 3 N–H and O–H groups in total. The summed E-state index contributed by atoms with van der Waals surface area (Å²) in [5.74, 6) is 14.8. The number of aromatic amines is 3. The zero-order chi connectivity index (χ0) is 36.8. The number of H-pyrrole nitrogens is 3. The standard InChI is InChI=1S/C18H18N4O4.C17H16N4O4/c1-5-22-16-15(17(23)20-18(22)24)21(2)14(19-16)9-7-11-6-8-12(25-3)13(10-11)26-4;1-4-21-15-14(16(22)20-17(21)23)18-13(19-15)8-6-10-5-7-11(24-2)12(9-10)25-3/h6,8,10H,5H2,1-4H3,(H,20,23,24);5,7,9H,4H2,1-3H3,(H,18,19)(H,20,22,23). The Labute approximate surface area is 289 Å². The van der Waals surface area contributed by atoms with Crippen molar-refractivity contribution in [2.75, 3.05) is 28.4 Å². The maximum absolute atomic E-state index is 12.1. The topological polar surface area (TPSA) is 193 Å². The first-order valence-corrected chi connectivity index (χ1v) is 15.5. The summed E-state index contributed by atoms with van der Waals surface area (Å²) < 4.78 is 25.2. The van der Waals surface area contributed by atoms with E-state index in [9.17, 15) is 19.2 Å². The van der Waals surface area contributed by atoms with Gasteiger partial charge in [-0.3, -0.25) is 28.7 Å². The third kappa shape index (κ3) is 7.11. The van der Waals surface area contributed by atoms with Crippen molar-refractivity contribution in [3.8, 4) is 46.7 Å². The Morgan fingerprint density at radius 3 is 1.67 bits per heavy atom. The van der Waals surface area contributed by atoms with Crippen molar-refractivity contribution in [1.82, 2.24) is 38.6 Å². The molecule has 51 heavy (non-hydrogen) atoms. The van der Waals surface area contributed by atoms with Crippen molar-refractivity contribution in [3.63, 3.8) is 0 Å². The lowest BCUT2D eigenvalue weighted by Gasteiger charge is -2.06. The van der Waals surface area contributed by atoms with Crippen molar-refractivity contribution in [1.29, 1.82) is 0 Å². The summed E-state index contributed by atoms with van der Waals surface area (Å²) >= 11 is 0. The largest absolute Gasteiger partial charge is 0.493 e. The first-order valence-electron chi connectivity index (χ1n) is 15.5. The number of rotatable bonds is 6. The number of aryl methyl sites for hydroxylation is 3. The molecule has 262 valence electrons. The summed E-state index contributed by atoms with van der Waals surface area (Å²) in [6, 6.07) is 10.6. The molecule has 0 saturated carbocycles. The average molecular weight is 695 g/mol. The molecule has 0 aliphatic carbocycles. The molecule has 6 aromatic rings. The Morgan fingerprint density at radius 2 is 1.14 bits per heavy atom. The molecule has 0 atom stereocenters. The van der Waals surface area contributed by atoms with E-state index in [-0.39, 0.29) is 11.2 Å². The quantitative estimate of drug-likeness (QED) is 0.216. The van der Waals surface area contributed by atoms with E-state index in [0.29, 0.717) is 70.0 Å². The highest BCUT2D eigenvalue weighted by Gasteiger charge is 2.15. The Bertz CT molecular complexity index is 2630. The molecule has 2 aromatic carbocycles. The van der Waals surface area contributed by atoms with E-state index < -0.39 is 22.5 Å². The third-order valence-electron chi connectivity index (χ3n) is 7.69. The highest BCUT2D eigenvalue weighted by molar-refractivity contribution is 5.72. The lowest BCUT2D eigenvalue weighted by molar-refractivity contribution is 0.355. The number of hydrogen-bond donors (Lipinski definition) is 3. The fourth-order valence-corrected chi connectivity index (χ4v) is 5.13. The summed E-state index contributed by atoms with van der Waals surface area (Å²) in [6.45, 7) is 4.39. The maximum Gasteiger partial charge on any atom is 0.330 e. The predicted octanol–water partition coefficient (Wildman–Crippen LogP) is 1.71. The molecule has 0 saturated heterocycles. The van der Waals surface area contributed by atoms with Gasteiger partial charge in [-0.2, -0.15) is 0 Å². The van der Waals surface area contributed by atoms with Gasteiger partial charge in [-0.1, -0.05) is 11.8 Å². The lowest BCUT2D eigenvalue weighted by Crippen LogP contribution is -2.30. The van der Waals surface area contributed by atoms with Crippen LogP contribution in [0.3, 0.4) is 0 Å². The highest BCUT2D eigenvalue weighted by Crippen LogP contribution is 2.28.